The number of carboxylic acids is 1. The van der Waals surface area contributed by atoms with Crippen molar-refractivity contribution < 1.29 is 19.5 Å². The van der Waals surface area contributed by atoms with Gasteiger partial charge in [-0.3, -0.25) is 14.4 Å². The van der Waals surface area contributed by atoms with Gasteiger partial charge in [0.25, 0.3) is 0 Å². The van der Waals surface area contributed by atoms with Gasteiger partial charge in [0.05, 0.1) is 12.5 Å². The van der Waals surface area contributed by atoms with Gasteiger partial charge in [0.15, 0.2) is 0 Å². The van der Waals surface area contributed by atoms with E-state index in [9.17, 15) is 14.4 Å². The van der Waals surface area contributed by atoms with E-state index in [0.717, 1.165) is 0 Å². The van der Waals surface area contributed by atoms with Crippen LogP contribution in [0, 0.1) is 11.8 Å². The van der Waals surface area contributed by atoms with Crippen LogP contribution in [0.4, 0.5) is 0 Å². The fourth-order valence-electron chi connectivity index (χ4n) is 2.60. The second-order valence-corrected chi connectivity index (χ2v) is 5.17. The average Bonchev–Trinajstić information content (AvgIpc) is 2.46. The summed E-state index contributed by atoms with van der Waals surface area (Å²) in [5.41, 5.74) is 0. The lowest BCUT2D eigenvalue weighted by Crippen LogP contribution is -2.42. The van der Waals surface area contributed by atoms with Crippen molar-refractivity contribution in [3.8, 4) is 0 Å². The van der Waals surface area contributed by atoms with Gasteiger partial charge in [0.2, 0.25) is 11.8 Å². The van der Waals surface area contributed by atoms with Crippen molar-refractivity contribution in [2.45, 2.75) is 39.5 Å². The van der Waals surface area contributed by atoms with Gasteiger partial charge in [-0.15, -0.1) is 0 Å². The summed E-state index contributed by atoms with van der Waals surface area (Å²) >= 11 is 0. The molecule has 6 heteroatoms. The van der Waals surface area contributed by atoms with Crippen molar-refractivity contribution in [2.75, 3.05) is 19.6 Å². The lowest BCUT2D eigenvalue weighted by molar-refractivity contribution is -0.144. The maximum absolute atomic E-state index is 11.9. The van der Waals surface area contributed by atoms with E-state index < -0.39 is 5.97 Å². The summed E-state index contributed by atoms with van der Waals surface area (Å²) in [6, 6.07) is 0. The monoisotopic (exact) mass is 284 g/mol. The first-order valence-corrected chi connectivity index (χ1v) is 7.27. The highest BCUT2D eigenvalue weighted by Crippen LogP contribution is 2.28. The van der Waals surface area contributed by atoms with Crippen LogP contribution in [0.1, 0.15) is 39.5 Å². The van der Waals surface area contributed by atoms with Crippen molar-refractivity contribution in [3.05, 3.63) is 0 Å². The van der Waals surface area contributed by atoms with Gasteiger partial charge in [0.1, 0.15) is 0 Å². The van der Waals surface area contributed by atoms with Crippen LogP contribution in [0.15, 0.2) is 0 Å². The van der Waals surface area contributed by atoms with Gasteiger partial charge < -0.3 is 15.3 Å². The van der Waals surface area contributed by atoms with Crippen molar-refractivity contribution in [2.24, 2.45) is 11.8 Å². The zero-order chi connectivity index (χ0) is 15.1. The summed E-state index contributed by atoms with van der Waals surface area (Å²) in [7, 11) is 0. The molecular formula is C14H24N2O4. The molecule has 2 N–H and O–H groups in total. The minimum atomic E-state index is -0.777. The minimum Gasteiger partial charge on any atom is -0.481 e. The third-order valence-electron chi connectivity index (χ3n) is 3.98. The number of carbonyl (C=O) groups is 3. The molecule has 0 aliphatic heterocycles. The highest BCUT2D eigenvalue weighted by atomic mass is 16.4. The van der Waals surface area contributed by atoms with E-state index in [1.54, 1.807) is 4.90 Å². The van der Waals surface area contributed by atoms with E-state index in [2.05, 4.69) is 5.32 Å². The largest absolute Gasteiger partial charge is 0.481 e. The van der Waals surface area contributed by atoms with Crippen LogP contribution in [-0.2, 0) is 14.4 Å². The molecule has 0 atom stereocenters. The van der Waals surface area contributed by atoms with Gasteiger partial charge in [-0.25, -0.2) is 0 Å². The Morgan fingerprint density at radius 2 is 1.55 bits per heavy atom. The molecule has 1 aliphatic carbocycles. The Labute approximate surface area is 119 Å². The molecule has 2 amide bonds. The van der Waals surface area contributed by atoms with E-state index >= 15 is 0 Å². The van der Waals surface area contributed by atoms with Crippen molar-refractivity contribution in [1.82, 2.24) is 10.2 Å². The Hall–Kier alpha value is -1.59. The number of carboxylic acid groups (broad SMARTS) is 1. The molecule has 1 aliphatic rings. The minimum absolute atomic E-state index is 0.0272. The van der Waals surface area contributed by atoms with E-state index in [4.69, 9.17) is 5.11 Å². The van der Waals surface area contributed by atoms with Crippen LogP contribution in [0.2, 0.25) is 0 Å². The van der Waals surface area contributed by atoms with E-state index in [1.165, 1.54) is 0 Å². The number of likely N-dealkylation sites (N-methyl/N-ethyl adjacent to an activating group) is 1. The van der Waals surface area contributed by atoms with Gasteiger partial charge >= 0.3 is 5.97 Å². The number of nitrogens with zero attached hydrogens (tertiary/aromatic N) is 1. The molecule has 1 saturated carbocycles. The summed E-state index contributed by atoms with van der Waals surface area (Å²) in [4.78, 5) is 36.2. The standard InChI is InChI=1S/C14H24N2O4/c1-3-16(4-2)12(17)9-15-13(18)10-5-7-11(8-6-10)14(19)20/h10-11H,3-9H2,1-2H3,(H,15,18)(H,19,20). The van der Waals surface area contributed by atoms with Crippen molar-refractivity contribution in [3.63, 3.8) is 0 Å². The maximum atomic E-state index is 11.9. The zero-order valence-electron chi connectivity index (χ0n) is 12.2. The summed E-state index contributed by atoms with van der Waals surface area (Å²) in [5.74, 6) is -1.47. The van der Waals surface area contributed by atoms with Gasteiger partial charge in [-0.05, 0) is 39.5 Å². The van der Waals surface area contributed by atoms with E-state index in [-0.39, 0.29) is 30.2 Å². The molecule has 0 aromatic rings. The quantitative estimate of drug-likeness (QED) is 0.757. The number of hydrogen-bond donors (Lipinski definition) is 2. The molecule has 114 valence electrons. The number of carbonyl (C=O) groups excluding carboxylic acids is 2. The Morgan fingerprint density at radius 3 is 2.00 bits per heavy atom. The smallest absolute Gasteiger partial charge is 0.306 e. The molecule has 1 fully saturated rings. The number of aliphatic carboxylic acids is 1. The van der Waals surface area contributed by atoms with Crippen LogP contribution < -0.4 is 5.32 Å². The number of amides is 2. The van der Waals surface area contributed by atoms with Gasteiger partial charge in [-0.2, -0.15) is 0 Å². The summed E-state index contributed by atoms with van der Waals surface area (Å²) in [6.07, 6.45) is 2.25. The SMILES string of the molecule is CCN(CC)C(=O)CNC(=O)C1CCC(C(=O)O)CC1. The van der Waals surface area contributed by atoms with Crippen LogP contribution in [0.5, 0.6) is 0 Å². The Balaban J connectivity index is 2.34. The third kappa shape index (κ3) is 4.51. The second-order valence-electron chi connectivity index (χ2n) is 5.17. The molecule has 1 rings (SSSR count). The molecule has 0 radical (unpaired) electrons. The highest BCUT2D eigenvalue weighted by Gasteiger charge is 2.29. The molecule has 6 nitrogen and oxygen atoms in total. The highest BCUT2D eigenvalue weighted by molar-refractivity contribution is 5.86. The number of hydrogen-bond acceptors (Lipinski definition) is 3. The van der Waals surface area contributed by atoms with Crippen LogP contribution in [-0.4, -0.2) is 47.4 Å². The fourth-order valence-corrected chi connectivity index (χ4v) is 2.60. The Kier molecular flexibility index (Phi) is 6.48. The predicted octanol–water partition coefficient (Wildman–Crippen LogP) is 0.862. The number of nitrogens with one attached hydrogen (secondary N) is 1. The molecule has 0 unspecified atom stereocenters. The normalized spacial score (nSPS) is 22.1. The van der Waals surface area contributed by atoms with Gasteiger partial charge in [-0.1, -0.05) is 0 Å². The molecule has 0 spiro atoms. The lowest BCUT2D eigenvalue weighted by atomic mass is 9.81. The Morgan fingerprint density at radius 1 is 1.05 bits per heavy atom. The molecule has 0 aromatic heterocycles. The molecule has 20 heavy (non-hydrogen) atoms. The van der Waals surface area contributed by atoms with Crippen LogP contribution in [0.3, 0.4) is 0 Å². The first kappa shape index (κ1) is 16.5. The molecule has 0 saturated heterocycles. The lowest BCUT2D eigenvalue weighted by Gasteiger charge is -2.25. The zero-order valence-corrected chi connectivity index (χ0v) is 12.2. The number of rotatable bonds is 6. The van der Waals surface area contributed by atoms with Crippen LogP contribution in [0.25, 0.3) is 0 Å². The van der Waals surface area contributed by atoms with Crippen molar-refractivity contribution >= 4 is 17.8 Å². The summed E-state index contributed by atoms with van der Waals surface area (Å²) in [6.45, 7) is 5.09. The summed E-state index contributed by atoms with van der Waals surface area (Å²) < 4.78 is 0. The van der Waals surface area contributed by atoms with E-state index in [1.807, 2.05) is 13.8 Å². The third-order valence-corrected chi connectivity index (χ3v) is 3.98. The first-order chi connectivity index (χ1) is 9.49. The molecular weight excluding hydrogens is 260 g/mol. The molecule has 0 aromatic carbocycles. The second kappa shape index (κ2) is 7.87. The maximum Gasteiger partial charge on any atom is 0.306 e. The van der Waals surface area contributed by atoms with Gasteiger partial charge in [0, 0.05) is 19.0 Å². The van der Waals surface area contributed by atoms with Crippen LogP contribution >= 0.6 is 0 Å². The molecule has 0 bridgehead atoms. The van der Waals surface area contributed by atoms with Crippen molar-refractivity contribution in [1.29, 1.82) is 0 Å². The predicted molar refractivity (Wildman–Crippen MR) is 74.0 cm³/mol. The Bertz CT molecular complexity index is 358. The topological polar surface area (TPSA) is 86.7 Å². The summed E-state index contributed by atoms with van der Waals surface area (Å²) in [5, 5.41) is 11.6. The van der Waals surface area contributed by atoms with E-state index in [0.29, 0.717) is 38.8 Å². The average molecular weight is 284 g/mol. The molecule has 0 heterocycles. The first-order valence-electron chi connectivity index (χ1n) is 7.27. The fraction of sp³-hybridized carbons (Fsp3) is 0.786.